The van der Waals surface area contributed by atoms with E-state index in [4.69, 9.17) is 11.6 Å². The number of nitrogens with zero attached hydrogens (tertiary/aromatic N) is 3. The van der Waals surface area contributed by atoms with Gasteiger partial charge < -0.3 is 0 Å². The van der Waals surface area contributed by atoms with Crippen molar-refractivity contribution in [3.05, 3.63) is 77.4 Å². The van der Waals surface area contributed by atoms with Gasteiger partial charge in [-0.2, -0.15) is 5.10 Å². The van der Waals surface area contributed by atoms with Crippen LogP contribution in [0.5, 0.6) is 0 Å². The molecular weight excluding hydrogens is 298 g/mol. The van der Waals surface area contributed by atoms with Gasteiger partial charge in [-0.05, 0) is 43.2 Å². The predicted octanol–water partition coefficient (Wildman–Crippen LogP) is 3.96. The van der Waals surface area contributed by atoms with E-state index in [0.717, 1.165) is 11.3 Å². The summed E-state index contributed by atoms with van der Waals surface area (Å²) in [6, 6.07) is 3.57. The van der Waals surface area contributed by atoms with Crippen LogP contribution in [0.2, 0.25) is 5.02 Å². The van der Waals surface area contributed by atoms with Gasteiger partial charge in [-0.1, -0.05) is 29.8 Å². The Kier molecular flexibility index (Phi) is 5.86. The third-order valence-corrected chi connectivity index (χ3v) is 3.26. The smallest absolute Gasteiger partial charge is 0.168 e. The zero-order valence-corrected chi connectivity index (χ0v) is 12.9. The molecule has 0 bridgehead atoms. The number of hydrogen-bond acceptors (Lipinski definition) is 3. The summed E-state index contributed by atoms with van der Waals surface area (Å²) in [7, 11) is 0. The molecule has 0 spiro atoms. The molecule has 0 aliphatic rings. The van der Waals surface area contributed by atoms with Crippen molar-refractivity contribution in [1.29, 1.82) is 0 Å². The molecule has 0 radical (unpaired) electrons. The van der Waals surface area contributed by atoms with Crippen LogP contribution < -0.4 is 0 Å². The van der Waals surface area contributed by atoms with Crippen LogP contribution in [0.1, 0.15) is 23.0 Å². The Labute approximate surface area is 134 Å². The molecule has 0 amide bonds. The number of carbonyl (C=O) groups excluding carboxylic acids is 1. The first-order valence-electron chi connectivity index (χ1n) is 6.83. The van der Waals surface area contributed by atoms with Crippen molar-refractivity contribution < 1.29 is 4.79 Å². The van der Waals surface area contributed by atoms with Gasteiger partial charge in [-0.15, -0.1) is 0 Å². The Hall–Kier alpha value is -2.46. The number of aldehydes is 1. The first-order chi connectivity index (χ1) is 10.7. The fraction of sp³-hybridized carbons (Fsp3) is 0.118. The number of aromatic nitrogens is 3. The SMILES string of the molecule is C\C=C/C(=C\C=C\Cc1cc(C=O)ncc1Cl)n1cccn1. The lowest BCUT2D eigenvalue weighted by Crippen LogP contribution is -1.94. The van der Waals surface area contributed by atoms with E-state index in [0.29, 0.717) is 23.4 Å². The zero-order chi connectivity index (χ0) is 15.8. The largest absolute Gasteiger partial charge is 0.296 e. The standard InChI is InChI=1S/C17H16ClN3O/c1-2-6-16(21-10-5-9-20-21)8-4-3-7-14-11-15(13-22)19-12-17(14)18/h2-6,8-13H,7H2,1H3/b4-3+,6-2-,16-8+. The molecule has 2 rings (SSSR count). The summed E-state index contributed by atoms with van der Waals surface area (Å²) in [4.78, 5) is 14.7. The maximum absolute atomic E-state index is 10.7. The highest BCUT2D eigenvalue weighted by atomic mass is 35.5. The van der Waals surface area contributed by atoms with Gasteiger partial charge in [0.2, 0.25) is 0 Å². The third kappa shape index (κ3) is 4.27. The van der Waals surface area contributed by atoms with E-state index in [-0.39, 0.29) is 0 Å². The summed E-state index contributed by atoms with van der Waals surface area (Å²) >= 11 is 6.07. The molecule has 5 heteroatoms. The van der Waals surface area contributed by atoms with Crippen LogP contribution in [0, 0.1) is 0 Å². The molecule has 0 saturated heterocycles. The highest BCUT2D eigenvalue weighted by molar-refractivity contribution is 6.31. The molecule has 2 aromatic rings. The van der Waals surface area contributed by atoms with Gasteiger partial charge in [-0.25, -0.2) is 4.68 Å². The minimum atomic E-state index is 0.384. The molecule has 0 aliphatic heterocycles. The van der Waals surface area contributed by atoms with E-state index in [1.807, 2.05) is 49.6 Å². The van der Waals surface area contributed by atoms with E-state index < -0.39 is 0 Å². The average molecular weight is 314 g/mol. The van der Waals surface area contributed by atoms with Crippen LogP contribution in [0.15, 0.2) is 61.1 Å². The van der Waals surface area contributed by atoms with Crippen molar-refractivity contribution >= 4 is 23.6 Å². The van der Waals surface area contributed by atoms with Gasteiger partial charge in [0.1, 0.15) is 5.69 Å². The number of carbonyl (C=O) groups is 1. The Balaban J connectivity index is 2.11. The zero-order valence-electron chi connectivity index (χ0n) is 12.2. The van der Waals surface area contributed by atoms with Gasteiger partial charge in [0.25, 0.3) is 0 Å². The van der Waals surface area contributed by atoms with Gasteiger partial charge in [0.15, 0.2) is 6.29 Å². The molecular formula is C17H16ClN3O. The average Bonchev–Trinajstić information content (AvgIpc) is 3.06. The Bertz CT molecular complexity index is 716. The Morgan fingerprint density at radius 2 is 2.32 bits per heavy atom. The van der Waals surface area contributed by atoms with Crippen LogP contribution in [0.4, 0.5) is 0 Å². The Morgan fingerprint density at radius 1 is 1.45 bits per heavy atom. The second-order valence-corrected chi connectivity index (χ2v) is 4.90. The quantitative estimate of drug-likeness (QED) is 0.599. The van der Waals surface area contributed by atoms with Gasteiger partial charge in [0, 0.05) is 18.6 Å². The molecule has 0 saturated carbocycles. The molecule has 2 heterocycles. The fourth-order valence-electron chi connectivity index (χ4n) is 1.88. The second-order valence-electron chi connectivity index (χ2n) is 4.49. The highest BCUT2D eigenvalue weighted by Crippen LogP contribution is 2.16. The minimum Gasteiger partial charge on any atom is -0.296 e. The van der Waals surface area contributed by atoms with E-state index in [1.165, 1.54) is 6.20 Å². The minimum absolute atomic E-state index is 0.384. The summed E-state index contributed by atoms with van der Waals surface area (Å²) in [5.74, 6) is 0. The second kappa shape index (κ2) is 8.10. The highest BCUT2D eigenvalue weighted by Gasteiger charge is 2.01. The van der Waals surface area contributed by atoms with E-state index in [1.54, 1.807) is 16.9 Å². The van der Waals surface area contributed by atoms with Gasteiger partial charge in [-0.3, -0.25) is 9.78 Å². The van der Waals surface area contributed by atoms with E-state index >= 15 is 0 Å². The molecule has 2 aromatic heterocycles. The molecule has 0 N–H and O–H groups in total. The van der Waals surface area contributed by atoms with Crippen LogP contribution in [0.25, 0.3) is 5.70 Å². The maximum Gasteiger partial charge on any atom is 0.168 e. The molecule has 4 nitrogen and oxygen atoms in total. The van der Waals surface area contributed by atoms with Crippen LogP contribution >= 0.6 is 11.6 Å². The van der Waals surface area contributed by atoms with Crippen molar-refractivity contribution in [3.8, 4) is 0 Å². The van der Waals surface area contributed by atoms with Crippen molar-refractivity contribution in [3.63, 3.8) is 0 Å². The first kappa shape index (κ1) is 15.9. The van der Waals surface area contributed by atoms with E-state index in [2.05, 4.69) is 10.1 Å². The summed E-state index contributed by atoms with van der Waals surface area (Å²) in [6.45, 7) is 1.96. The fourth-order valence-corrected chi connectivity index (χ4v) is 2.06. The lowest BCUT2D eigenvalue weighted by molar-refractivity contribution is 0.111. The molecule has 0 aromatic carbocycles. The number of rotatable bonds is 6. The van der Waals surface area contributed by atoms with Gasteiger partial charge >= 0.3 is 0 Å². The number of halogens is 1. The number of allylic oxidation sites excluding steroid dienone is 6. The number of hydrogen-bond donors (Lipinski definition) is 0. The lowest BCUT2D eigenvalue weighted by Gasteiger charge is -2.01. The molecule has 22 heavy (non-hydrogen) atoms. The molecule has 0 unspecified atom stereocenters. The maximum atomic E-state index is 10.7. The molecule has 0 fully saturated rings. The lowest BCUT2D eigenvalue weighted by atomic mass is 10.1. The topological polar surface area (TPSA) is 47.8 Å². The molecule has 112 valence electrons. The number of pyridine rings is 1. The van der Waals surface area contributed by atoms with Crippen molar-refractivity contribution in [2.45, 2.75) is 13.3 Å². The van der Waals surface area contributed by atoms with Crippen LogP contribution in [-0.2, 0) is 6.42 Å². The van der Waals surface area contributed by atoms with Crippen molar-refractivity contribution in [2.24, 2.45) is 0 Å². The van der Waals surface area contributed by atoms with Crippen molar-refractivity contribution in [2.75, 3.05) is 0 Å². The van der Waals surface area contributed by atoms with Gasteiger partial charge in [0.05, 0.1) is 10.7 Å². The van der Waals surface area contributed by atoms with E-state index in [9.17, 15) is 4.79 Å². The molecule has 0 aliphatic carbocycles. The Morgan fingerprint density at radius 3 is 3.00 bits per heavy atom. The van der Waals surface area contributed by atoms with Crippen molar-refractivity contribution in [1.82, 2.24) is 14.8 Å². The predicted molar refractivity (Wildman–Crippen MR) is 88.8 cm³/mol. The summed E-state index contributed by atoms with van der Waals surface area (Å²) in [5, 5.41) is 4.76. The summed E-state index contributed by atoms with van der Waals surface area (Å²) < 4.78 is 1.79. The monoisotopic (exact) mass is 313 g/mol. The normalized spacial score (nSPS) is 12.4. The first-order valence-corrected chi connectivity index (χ1v) is 7.21. The molecule has 0 atom stereocenters. The summed E-state index contributed by atoms with van der Waals surface area (Å²) in [6.07, 6.45) is 16.3. The summed E-state index contributed by atoms with van der Waals surface area (Å²) in [5.41, 5.74) is 2.21. The van der Waals surface area contributed by atoms with Crippen LogP contribution in [0.3, 0.4) is 0 Å². The third-order valence-electron chi connectivity index (χ3n) is 2.92. The van der Waals surface area contributed by atoms with Crippen LogP contribution in [-0.4, -0.2) is 21.1 Å².